The van der Waals surface area contributed by atoms with E-state index in [4.69, 9.17) is 14.2 Å². The minimum atomic E-state index is -0.314. The normalized spacial score (nSPS) is 13.6. The summed E-state index contributed by atoms with van der Waals surface area (Å²) in [5.74, 6) is 0.842. The van der Waals surface area contributed by atoms with Crippen LogP contribution in [0.25, 0.3) is 6.08 Å². The first kappa shape index (κ1) is 21.9. The molecule has 0 spiro atoms. The third-order valence-electron chi connectivity index (χ3n) is 4.83. The van der Waals surface area contributed by atoms with E-state index in [0.717, 1.165) is 5.56 Å². The number of methoxy groups -OCH3 is 3. The first-order chi connectivity index (χ1) is 14.9. The Kier molecular flexibility index (Phi) is 6.92. The predicted octanol–water partition coefficient (Wildman–Crippen LogP) is 3.01. The number of imide groups is 1. The molecule has 8 nitrogen and oxygen atoms in total. The molecule has 0 unspecified atom stereocenters. The Morgan fingerprint density at radius 2 is 1.55 bits per heavy atom. The number of ether oxygens (including phenoxy) is 3. The average Bonchev–Trinajstić information content (AvgIpc) is 3.10. The number of likely N-dealkylation sites (tertiary alicyclic amines) is 1. The van der Waals surface area contributed by atoms with E-state index in [9.17, 15) is 14.4 Å². The second-order valence-electron chi connectivity index (χ2n) is 6.85. The number of carbonyl (C=O) groups is 3. The van der Waals surface area contributed by atoms with Crippen molar-refractivity contribution in [2.45, 2.75) is 19.4 Å². The van der Waals surface area contributed by atoms with Gasteiger partial charge in [0, 0.05) is 24.6 Å². The third-order valence-corrected chi connectivity index (χ3v) is 4.83. The molecule has 1 saturated heterocycles. The molecule has 1 N–H and O–H groups in total. The highest BCUT2D eigenvalue weighted by molar-refractivity contribution is 6.02. The molecule has 1 heterocycles. The molecule has 0 bridgehead atoms. The zero-order chi connectivity index (χ0) is 22.4. The van der Waals surface area contributed by atoms with Crippen molar-refractivity contribution in [1.82, 2.24) is 4.90 Å². The lowest BCUT2D eigenvalue weighted by Gasteiger charge is -2.14. The molecule has 0 radical (unpaired) electrons. The van der Waals surface area contributed by atoms with Crippen LogP contribution in [0, 0.1) is 0 Å². The summed E-state index contributed by atoms with van der Waals surface area (Å²) in [4.78, 5) is 37.0. The molecule has 0 aliphatic carbocycles. The predicted molar refractivity (Wildman–Crippen MR) is 115 cm³/mol. The summed E-state index contributed by atoms with van der Waals surface area (Å²) in [6.07, 6.45) is 3.57. The number of nitrogens with zero attached hydrogens (tertiary/aromatic N) is 1. The number of carbonyl (C=O) groups excluding carboxylic acids is 3. The number of rotatable bonds is 8. The molecule has 0 saturated carbocycles. The monoisotopic (exact) mass is 424 g/mol. The molecule has 31 heavy (non-hydrogen) atoms. The van der Waals surface area contributed by atoms with Crippen LogP contribution in [-0.2, 0) is 20.9 Å². The van der Waals surface area contributed by atoms with Gasteiger partial charge in [-0.2, -0.15) is 0 Å². The van der Waals surface area contributed by atoms with Crippen LogP contribution in [0.3, 0.4) is 0 Å². The number of hydrogen-bond acceptors (Lipinski definition) is 6. The molecule has 2 aromatic carbocycles. The van der Waals surface area contributed by atoms with Crippen molar-refractivity contribution in [3.63, 3.8) is 0 Å². The lowest BCUT2D eigenvalue weighted by atomic mass is 10.1. The molecule has 0 atom stereocenters. The maximum absolute atomic E-state index is 12.3. The van der Waals surface area contributed by atoms with Crippen LogP contribution in [-0.4, -0.2) is 44.0 Å². The van der Waals surface area contributed by atoms with Crippen LogP contribution in [0.15, 0.2) is 42.5 Å². The summed E-state index contributed by atoms with van der Waals surface area (Å²) in [6.45, 7) is 0.243. The highest BCUT2D eigenvalue weighted by Gasteiger charge is 2.28. The summed E-state index contributed by atoms with van der Waals surface area (Å²) < 4.78 is 15.9. The topological polar surface area (TPSA) is 94.2 Å². The zero-order valence-electron chi connectivity index (χ0n) is 17.6. The summed E-state index contributed by atoms with van der Waals surface area (Å²) in [5.41, 5.74) is 2.12. The Hall–Kier alpha value is -3.81. The molecule has 1 aliphatic rings. The van der Waals surface area contributed by atoms with Gasteiger partial charge in [0.2, 0.25) is 23.5 Å². The van der Waals surface area contributed by atoms with Gasteiger partial charge in [-0.1, -0.05) is 12.1 Å². The second-order valence-corrected chi connectivity index (χ2v) is 6.85. The largest absolute Gasteiger partial charge is 0.493 e. The summed E-state index contributed by atoms with van der Waals surface area (Å²) in [6, 6.07) is 10.5. The van der Waals surface area contributed by atoms with E-state index < -0.39 is 0 Å². The standard InChI is InChI=1S/C23H24N2O6/c1-29-18-12-16(13-19(30-2)23(18)31-3)6-9-20(26)24-17-7-4-15(5-8-17)14-25-21(27)10-11-22(25)28/h4-9,12-13H,10-11,14H2,1-3H3,(H,24,26)/b9-6+. The van der Waals surface area contributed by atoms with Crippen LogP contribution in [0.2, 0.25) is 0 Å². The Bertz CT molecular complexity index is 972. The van der Waals surface area contributed by atoms with E-state index in [2.05, 4.69) is 5.32 Å². The molecule has 3 amide bonds. The Morgan fingerprint density at radius 1 is 0.968 bits per heavy atom. The van der Waals surface area contributed by atoms with Gasteiger partial charge >= 0.3 is 0 Å². The fourth-order valence-electron chi connectivity index (χ4n) is 3.23. The van der Waals surface area contributed by atoms with E-state index >= 15 is 0 Å². The smallest absolute Gasteiger partial charge is 0.248 e. The molecule has 8 heteroatoms. The number of anilines is 1. The molecular formula is C23H24N2O6. The minimum Gasteiger partial charge on any atom is -0.493 e. The van der Waals surface area contributed by atoms with Crippen molar-refractivity contribution in [3.05, 3.63) is 53.6 Å². The van der Waals surface area contributed by atoms with Gasteiger partial charge in [-0.15, -0.1) is 0 Å². The van der Waals surface area contributed by atoms with Gasteiger partial charge in [0.1, 0.15) is 0 Å². The number of benzene rings is 2. The van der Waals surface area contributed by atoms with Crippen LogP contribution in [0.4, 0.5) is 5.69 Å². The number of amides is 3. The highest BCUT2D eigenvalue weighted by Crippen LogP contribution is 2.38. The molecular weight excluding hydrogens is 400 g/mol. The Labute approximate surface area is 180 Å². The number of hydrogen-bond donors (Lipinski definition) is 1. The fourth-order valence-corrected chi connectivity index (χ4v) is 3.23. The first-order valence-corrected chi connectivity index (χ1v) is 9.66. The van der Waals surface area contributed by atoms with E-state index in [1.54, 1.807) is 42.5 Å². The lowest BCUT2D eigenvalue weighted by molar-refractivity contribution is -0.139. The van der Waals surface area contributed by atoms with Crippen molar-refractivity contribution in [2.75, 3.05) is 26.6 Å². The van der Waals surface area contributed by atoms with Gasteiger partial charge in [-0.05, 0) is 41.5 Å². The van der Waals surface area contributed by atoms with Gasteiger partial charge in [-0.3, -0.25) is 19.3 Å². The first-order valence-electron chi connectivity index (χ1n) is 9.66. The molecule has 2 aromatic rings. The fraction of sp³-hybridized carbons (Fsp3) is 0.261. The number of nitrogens with one attached hydrogen (secondary N) is 1. The van der Waals surface area contributed by atoms with Crippen molar-refractivity contribution in [1.29, 1.82) is 0 Å². The third kappa shape index (κ3) is 5.22. The van der Waals surface area contributed by atoms with Crippen molar-refractivity contribution in [2.24, 2.45) is 0 Å². The van der Waals surface area contributed by atoms with E-state index in [0.29, 0.717) is 28.5 Å². The van der Waals surface area contributed by atoms with Crippen LogP contribution < -0.4 is 19.5 Å². The summed E-state index contributed by atoms with van der Waals surface area (Å²) in [7, 11) is 4.57. The lowest BCUT2D eigenvalue weighted by Crippen LogP contribution is -2.28. The SMILES string of the molecule is COc1cc(/C=C/C(=O)Nc2ccc(CN3C(=O)CCC3=O)cc2)cc(OC)c1OC. The molecule has 162 valence electrons. The van der Waals surface area contributed by atoms with Gasteiger partial charge in [0.05, 0.1) is 27.9 Å². The minimum absolute atomic E-state index is 0.153. The van der Waals surface area contributed by atoms with Crippen molar-refractivity contribution in [3.8, 4) is 17.2 Å². The van der Waals surface area contributed by atoms with Gasteiger partial charge in [0.25, 0.3) is 0 Å². The zero-order valence-corrected chi connectivity index (χ0v) is 17.6. The Morgan fingerprint density at radius 3 is 2.06 bits per heavy atom. The molecule has 0 aromatic heterocycles. The maximum Gasteiger partial charge on any atom is 0.248 e. The summed E-state index contributed by atoms with van der Waals surface area (Å²) >= 11 is 0. The van der Waals surface area contributed by atoms with E-state index in [1.165, 1.54) is 32.3 Å². The maximum atomic E-state index is 12.3. The van der Waals surface area contributed by atoms with Gasteiger partial charge < -0.3 is 19.5 Å². The van der Waals surface area contributed by atoms with E-state index in [1.807, 2.05) is 0 Å². The van der Waals surface area contributed by atoms with Crippen LogP contribution >= 0.6 is 0 Å². The second kappa shape index (κ2) is 9.80. The van der Waals surface area contributed by atoms with Crippen molar-refractivity contribution >= 4 is 29.5 Å². The summed E-state index contributed by atoms with van der Waals surface area (Å²) in [5, 5.41) is 2.77. The average molecular weight is 424 g/mol. The van der Waals surface area contributed by atoms with Crippen LogP contribution in [0.5, 0.6) is 17.2 Å². The Balaban J connectivity index is 1.63. The quantitative estimate of drug-likeness (QED) is 0.517. The molecule has 1 aliphatic heterocycles. The van der Waals surface area contributed by atoms with Crippen molar-refractivity contribution < 1.29 is 28.6 Å². The molecule has 3 rings (SSSR count). The highest BCUT2D eigenvalue weighted by atomic mass is 16.5. The van der Waals surface area contributed by atoms with Gasteiger partial charge in [0.15, 0.2) is 11.5 Å². The van der Waals surface area contributed by atoms with E-state index in [-0.39, 0.29) is 37.1 Å². The molecule has 1 fully saturated rings. The van der Waals surface area contributed by atoms with Gasteiger partial charge in [-0.25, -0.2) is 0 Å². The van der Waals surface area contributed by atoms with Crippen LogP contribution in [0.1, 0.15) is 24.0 Å².